The van der Waals surface area contributed by atoms with Crippen LogP contribution in [0.1, 0.15) is 48.7 Å². The van der Waals surface area contributed by atoms with Crippen LogP contribution in [0.2, 0.25) is 0 Å². The number of anilines is 1. The topological polar surface area (TPSA) is 106 Å². The summed E-state index contributed by atoms with van der Waals surface area (Å²) in [5.74, 6) is -2.65. The lowest BCUT2D eigenvalue weighted by molar-refractivity contribution is -0.136. The number of nitrogen functional groups attached to an aromatic ring is 1. The molecule has 1 aromatic carbocycles. The van der Waals surface area contributed by atoms with Crippen molar-refractivity contribution in [2.45, 2.75) is 52.0 Å². The number of aryl methyl sites for hydroxylation is 1. The molecule has 3 aromatic rings. The molecule has 0 bridgehead atoms. The van der Waals surface area contributed by atoms with Crippen molar-refractivity contribution in [3.63, 3.8) is 0 Å². The number of nitrogens with two attached hydrogens (primary N) is 1. The van der Waals surface area contributed by atoms with Crippen LogP contribution in [0.3, 0.4) is 0 Å². The summed E-state index contributed by atoms with van der Waals surface area (Å²) in [5, 5.41) is 6.29. The molecule has 3 heterocycles. The molecule has 0 spiro atoms. The molecule has 1 saturated heterocycles. The number of carbonyl (C=O) groups is 2. The van der Waals surface area contributed by atoms with Crippen molar-refractivity contribution in [1.29, 1.82) is 0 Å². The van der Waals surface area contributed by atoms with Gasteiger partial charge in [-0.05, 0) is 30.0 Å². The molecule has 38 heavy (non-hydrogen) atoms. The fourth-order valence-corrected chi connectivity index (χ4v) is 4.65. The van der Waals surface area contributed by atoms with Gasteiger partial charge in [-0.2, -0.15) is 18.3 Å². The Morgan fingerprint density at radius 1 is 1.24 bits per heavy atom. The van der Waals surface area contributed by atoms with Crippen molar-refractivity contribution in [1.82, 2.24) is 24.8 Å². The molecule has 3 N–H and O–H groups in total. The minimum absolute atomic E-state index is 0.0711. The standard InChI is InChI=1S/C25H27F5N6O2/c1-4-13-5-6-14(18-8-15(25(28,29)30)22-23(31)32-11-33-36(18)22)21(27)20(13)24(38)34-17-10-35(9-16(17)26)19(37)7-12(2)3/h5-6,8,11-12,16-17H,4,7,9-10H2,1-3H3,(H,34,38)(H2,31,32,33)/t16-,17+/m0/s1. The molecule has 8 nitrogen and oxygen atoms in total. The van der Waals surface area contributed by atoms with Crippen molar-refractivity contribution in [2.24, 2.45) is 5.92 Å². The number of nitrogens with one attached hydrogen (secondary N) is 1. The van der Waals surface area contributed by atoms with Crippen LogP contribution in [-0.4, -0.2) is 56.6 Å². The first-order valence-corrected chi connectivity index (χ1v) is 12.1. The Bertz CT molecular complexity index is 1390. The SMILES string of the molecule is CCc1ccc(-c2cc(C(F)(F)F)c3c(N)ncnn23)c(F)c1C(=O)N[C@@H]1CN(C(=O)CC(C)C)C[C@@H]1F. The van der Waals surface area contributed by atoms with E-state index in [0.29, 0.717) is 6.07 Å². The van der Waals surface area contributed by atoms with Crippen molar-refractivity contribution < 1.29 is 31.5 Å². The van der Waals surface area contributed by atoms with Crippen molar-refractivity contribution in [3.05, 3.63) is 47.0 Å². The molecule has 2 atom stereocenters. The van der Waals surface area contributed by atoms with Gasteiger partial charge in [0.1, 0.15) is 23.8 Å². The van der Waals surface area contributed by atoms with Crippen LogP contribution >= 0.6 is 0 Å². The Hall–Kier alpha value is -3.77. The lowest BCUT2D eigenvalue weighted by atomic mass is 9.98. The fraction of sp³-hybridized carbons (Fsp3) is 0.440. The molecule has 204 valence electrons. The number of rotatable bonds is 6. The minimum Gasteiger partial charge on any atom is -0.382 e. The van der Waals surface area contributed by atoms with Gasteiger partial charge in [0.05, 0.1) is 29.4 Å². The van der Waals surface area contributed by atoms with Gasteiger partial charge in [-0.3, -0.25) is 9.59 Å². The zero-order valence-corrected chi connectivity index (χ0v) is 20.9. The molecule has 1 aliphatic rings. The zero-order valence-electron chi connectivity index (χ0n) is 20.9. The molecule has 2 aromatic heterocycles. The molecule has 0 aliphatic carbocycles. The Kier molecular flexibility index (Phi) is 7.31. The Morgan fingerprint density at radius 2 is 1.95 bits per heavy atom. The molecule has 1 fully saturated rings. The fourth-order valence-electron chi connectivity index (χ4n) is 4.65. The molecular formula is C25H27F5N6O2. The zero-order chi connectivity index (χ0) is 27.9. The summed E-state index contributed by atoms with van der Waals surface area (Å²) in [6.07, 6.45) is -5.01. The number of aromatic nitrogens is 3. The number of nitrogens with zero attached hydrogens (tertiary/aromatic N) is 4. The van der Waals surface area contributed by atoms with Crippen LogP contribution in [-0.2, 0) is 17.4 Å². The Morgan fingerprint density at radius 3 is 2.58 bits per heavy atom. The van der Waals surface area contributed by atoms with Gasteiger partial charge < -0.3 is 16.0 Å². The summed E-state index contributed by atoms with van der Waals surface area (Å²) in [6, 6.07) is 2.30. The number of halogens is 5. The van der Waals surface area contributed by atoms with Gasteiger partial charge in [-0.25, -0.2) is 18.3 Å². The second kappa shape index (κ2) is 10.2. The molecular weight excluding hydrogens is 511 g/mol. The summed E-state index contributed by atoms with van der Waals surface area (Å²) >= 11 is 0. The maximum atomic E-state index is 15.9. The van der Waals surface area contributed by atoms with Crippen molar-refractivity contribution >= 4 is 23.1 Å². The van der Waals surface area contributed by atoms with Crippen molar-refractivity contribution in [2.75, 3.05) is 18.8 Å². The third-order valence-electron chi connectivity index (χ3n) is 6.50. The third kappa shape index (κ3) is 5.01. The summed E-state index contributed by atoms with van der Waals surface area (Å²) in [7, 11) is 0. The highest BCUT2D eigenvalue weighted by atomic mass is 19.4. The van der Waals surface area contributed by atoms with Crippen LogP contribution in [0.25, 0.3) is 16.8 Å². The average Bonchev–Trinajstić information content (AvgIpc) is 3.40. The van der Waals surface area contributed by atoms with Gasteiger partial charge in [-0.15, -0.1) is 0 Å². The number of carbonyl (C=O) groups excluding carboxylic acids is 2. The van der Waals surface area contributed by atoms with E-state index < -0.39 is 52.6 Å². The quantitative estimate of drug-likeness (QED) is 0.462. The first-order valence-electron chi connectivity index (χ1n) is 12.1. The number of amides is 2. The van der Waals surface area contributed by atoms with E-state index in [1.54, 1.807) is 6.92 Å². The van der Waals surface area contributed by atoms with Gasteiger partial charge >= 0.3 is 6.18 Å². The lowest BCUT2D eigenvalue weighted by Gasteiger charge is -2.19. The lowest BCUT2D eigenvalue weighted by Crippen LogP contribution is -2.42. The monoisotopic (exact) mass is 538 g/mol. The van der Waals surface area contributed by atoms with Gasteiger partial charge in [0, 0.05) is 18.5 Å². The first-order chi connectivity index (χ1) is 17.8. The number of fused-ring (bicyclic) bond motifs is 1. The molecule has 2 amide bonds. The summed E-state index contributed by atoms with van der Waals surface area (Å²) in [4.78, 5) is 30.5. The minimum atomic E-state index is -4.83. The number of hydrogen-bond donors (Lipinski definition) is 2. The van der Waals surface area contributed by atoms with Crippen LogP contribution in [0, 0.1) is 11.7 Å². The predicted octanol–water partition coefficient (Wildman–Crippen LogP) is 4.02. The van der Waals surface area contributed by atoms with E-state index in [-0.39, 0.29) is 54.6 Å². The predicted molar refractivity (Wildman–Crippen MR) is 129 cm³/mol. The Labute approximate surface area is 215 Å². The normalized spacial score (nSPS) is 18.0. The number of benzene rings is 1. The largest absolute Gasteiger partial charge is 0.418 e. The number of likely N-dealkylation sites (tertiary alicyclic amines) is 1. The Balaban J connectivity index is 1.72. The van der Waals surface area contributed by atoms with Crippen LogP contribution < -0.4 is 11.1 Å². The van der Waals surface area contributed by atoms with E-state index in [9.17, 15) is 27.2 Å². The number of hydrogen-bond acceptors (Lipinski definition) is 5. The average molecular weight is 539 g/mol. The van der Waals surface area contributed by atoms with Gasteiger partial charge in [0.2, 0.25) is 5.91 Å². The molecule has 4 rings (SSSR count). The molecule has 0 saturated carbocycles. The second-order valence-electron chi connectivity index (χ2n) is 9.65. The smallest absolute Gasteiger partial charge is 0.382 e. The molecule has 0 radical (unpaired) electrons. The second-order valence-corrected chi connectivity index (χ2v) is 9.65. The van der Waals surface area contributed by atoms with E-state index in [0.717, 1.165) is 10.8 Å². The van der Waals surface area contributed by atoms with Gasteiger partial charge in [0.25, 0.3) is 5.91 Å². The van der Waals surface area contributed by atoms with Gasteiger partial charge in [0.15, 0.2) is 5.82 Å². The third-order valence-corrected chi connectivity index (χ3v) is 6.50. The van der Waals surface area contributed by atoms with E-state index >= 15 is 4.39 Å². The van der Waals surface area contributed by atoms with Crippen LogP contribution in [0.5, 0.6) is 0 Å². The molecule has 1 aliphatic heterocycles. The summed E-state index contributed by atoms with van der Waals surface area (Å²) < 4.78 is 72.7. The highest BCUT2D eigenvalue weighted by Crippen LogP contribution is 2.39. The van der Waals surface area contributed by atoms with E-state index in [1.807, 2.05) is 13.8 Å². The van der Waals surface area contributed by atoms with Crippen molar-refractivity contribution in [3.8, 4) is 11.3 Å². The molecule has 0 unspecified atom stereocenters. The van der Waals surface area contributed by atoms with Gasteiger partial charge in [-0.1, -0.05) is 26.8 Å². The highest BCUT2D eigenvalue weighted by molar-refractivity contribution is 5.98. The van der Waals surface area contributed by atoms with Crippen LogP contribution in [0.4, 0.5) is 27.8 Å². The van der Waals surface area contributed by atoms with Crippen LogP contribution in [0.15, 0.2) is 24.5 Å². The first kappa shape index (κ1) is 27.3. The summed E-state index contributed by atoms with van der Waals surface area (Å²) in [6.45, 7) is 5.11. The van der Waals surface area contributed by atoms with E-state index in [4.69, 9.17) is 5.73 Å². The number of alkyl halides is 4. The maximum Gasteiger partial charge on any atom is 0.418 e. The summed E-state index contributed by atoms with van der Waals surface area (Å²) in [5.41, 5.74) is 3.21. The molecule has 13 heteroatoms. The van der Waals surface area contributed by atoms with E-state index in [2.05, 4.69) is 15.4 Å². The van der Waals surface area contributed by atoms with E-state index in [1.165, 1.54) is 17.0 Å². The maximum absolute atomic E-state index is 15.9. The highest BCUT2D eigenvalue weighted by Gasteiger charge is 2.39.